The second-order valence-corrected chi connectivity index (χ2v) is 10.7. The number of nitrogens with zero attached hydrogens (tertiary/aromatic N) is 6. The Morgan fingerprint density at radius 3 is 2.61 bits per heavy atom. The molecule has 0 saturated carbocycles. The van der Waals surface area contributed by atoms with Gasteiger partial charge in [0.2, 0.25) is 0 Å². The maximum absolute atomic E-state index is 13.8. The van der Waals surface area contributed by atoms with Gasteiger partial charge in [0.25, 0.3) is 0 Å². The molecular formula is C28H20Cl3FN8O. The van der Waals surface area contributed by atoms with Crippen molar-refractivity contribution in [3.8, 4) is 6.07 Å². The minimum absolute atomic E-state index is 0.0523. The van der Waals surface area contributed by atoms with E-state index < -0.39 is 11.9 Å². The van der Waals surface area contributed by atoms with Crippen LogP contribution >= 0.6 is 34.8 Å². The highest BCUT2D eigenvalue weighted by Crippen LogP contribution is 2.37. The van der Waals surface area contributed by atoms with Gasteiger partial charge in [-0.25, -0.2) is 14.1 Å². The molecule has 2 aromatic carbocycles. The van der Waals surface area contributed by atoms with Gasteiger partial charge in [0.15, 0.2) is 0 Å². The number of aryl methyl sites for hydroxylation is 1. The van der Waals surface area contributed by atoms with Crippen molar-refractivity contribution in [2.24, 2.45) is 0 Å². The van der Waals surface area contributed by atoms with Crippen molar-refractivity contribution >= 4 is 62.8 Å². The average Bonchev–Trinajstić information content (AvgIpc) is 3.38. The topological polar surface area (TPSA) is 114 Å². The number of fused-ring (bicyclic) bond motifs is 1. The summed E-state index contributed by atoms with van der Waals surface area (Å²) >= 11 is 18.9. The molecule has 0 unspecified atom stereocenters. The van der Waals surface area contributed by atoms with E-state index in [9.17, 15) is 9.65 Å². The van der Waals surface area contributed by atoms with E-state index in [1.165, 1.54) is 24.4 Å². The second kappa shape index (κ2) is 11.1. The smallest absolute Gasteiger partial charge is 0.141 e. The molecule has 1 aliphatic heterocycles. The van der Waals surface area contributed by atoms with E-state index in [1.54, 1.807) is 16.8 Å². The SMILES string of the molecule is Cc1nc(Cl)ccc1[C@H](Nc1cc(Cl)c2ncc(C#N)c(Nc3ccc(F)c(Cl)c3)c2c1)c1cn(C2COC2)nn1. The Hall–Kier alpha value is -4.01. The molecule has 9 nitrogen and oxygen atoms in total. The molecule has 0 spiro atoms. The van der Waals surface area contributed by atoms with Gasteiger partial charge in [-0.15, -0.1) is 5.10 Å². The molecule has 13 heteroatoms. The zero-order valence-corrected chi connectivity index (χ0v) is 23.6. The molecule has 4 heterocycles. The van der Waals surface area contributed by atoms with Gasteiger partial charge in [-0.3, -0.25) is 4.98 Å². The van der Waals surface area contributed by atoms with Crippen LogP contribution in [0.15, 0.2) is 54.9 Å². The summed E-state index contributed by atoms with van der Waals surface area (Å²) in [6.45, 7) is 3.02. The summed E-state index contributed by atoms with van der Waals surface area (Å²) in [6, 6.07) is 13.2. The lowest BCUT2D eigenvalue weighted by Gasteiger charge is -2.25. The molecule has 0 radical (unpaired) electrons. The predicted octanol–water partition coefficient (Wildman–Crippen LogP) is 7.02. The lowest BCUT2D eigenvalue weighted by atomic mass is 10.0. The van der Waals surface area contributed by atoms with E-state index in [-0.39, 0.29) is 16.6 Å². The standard InChI is InChI=1S/C28H20Cl3FN8O/c1-14-19(3-5-25(31)35-14)28(24-11-40(39-38-24)18-12-41-13-18)37-17-6-20-26(36-16-2-4-23(32)21(29)7-16)15(9-33)10-34-27(20)22(30)8-17/h2-8,10-11,18,28,37H,12-13H2,1H3,(H,34,36)/t28-/m0/s1. The summed E-state index contributed by atoms with van der Waals surface area (Å²) in [5.41, 5.74) is 4.52. The number of hydrogen-bond donors (Lipinski definition) is 2. The Morgan fingerprint density at radius 1 is 1.10 bits per heavy atom. The molecule has 0 aliphatic carbocycles. The van der Waals surface area contributed by atoms with Crippen LogP contribution in [0.25, 0.3) is 10.9 Å². The van der Waals surface area contributed by atoms with Gasteiger partial charge >= 0.3 is 0 Å². The molecule has 1 aliphatic rings. The Kier molecular flexibility index (Phi) is 7.36. The largest absolute Gasteiger partial charge is 0.377 e. The minimum atomic E-state index is -0.549. The molecule has 2 N–H and O–H groups in total. The first-order valence-corrected chi connectivity index (χ1v) is 13.6. The van der Waals surface area contributed by atoms with Gasteiger partial charge in [0.05, 0.1) is 52.3 Å². The van der Waals surface area contributed by atoms with E-state index in [1.807, 2.05) is 25.3 Å². The Morgan fingerprint density at radius 2 is 1.90 bits per heavy atom. The summed E-state index contributed by atoms with van der Waals surface area (Å²) < 4.78 is 20.9. The number of aromatic nitrogens is 5. The van der Waals surface area contributed by atoms with Gasteiger partial charge in [-0.1, -0.05) is 46.1 Å². The van der Waals surface area contributed by atoms with Crippen LogP contribution in [-0.2, 0) is 4.74 Å². The van der Waals surface area contributed by atoms with Crippen LogP contribution in [-0.4, -0.2) is 38.2 Å². The molecule has 1 atom stereocenters. The van der Waals surface area contributed by atoms with E-state index in [0.717, 1.165) is 5.56 Å². The molecule has 6 rings (SSSR count). The first-order valence-electron chi connectivity index (χ1n) is 12.4. The summed E-state index contributed by atoms with van der Waals surface area (Å²) in [5, 5.41) is 26.6. The first-order chi connectivity index (χ1) is 19.8. The van der Waals surface area contributed by atoms with E-state index in [0.29, 0.717) is 62.7 Å². The van der Waals surface area contributed by atoms with Crippen molar-refractivity contribution in [2.45, 2.75) is 19.0 Å². The van der Waals surface area contributed by atoms with Crippen LogP contribution in [0.1, 0.15) is 34.6 Å². The number of rotatable bonds is 7. The van der Waals surface area contributed by atoms with Gasteiger partial charge < -0.3 is 15.4 Å². The average molecular weight is 610 g/mol. The maximum atomic E-state index is 13.8. The van der Waals surface area contributed by atoms with E-state index in [4.69, 9.17) is 39.5 Å². The normalized spacial score (nSPS) is 14.0. The minimum Gasteiger partial charge on any atom is -0.377 e. The number of nitrogens with one attached hydrogen (secondary N) is 2. The fourth-order valence-electron chi connectivity index (χ4n) is 4.58. The second-order valence-electron chi connectivity index (χ2n) is 9.47. The molecule has 5 aromatic rings. The molecule has 1 fully saturated rings. The van der Waals surface area contributed by atoms with Crippen molar-refractivity contribution in [1.29, 1.82) is 5.26 Å². The third-order valence-corrected chi connectivity index (χ3v) is 7.56. The van der Waals surface area contributed by atoms with E-state index >= 15 is 0 Å². The number of hydrogen-bond acceptors (Lipinski definition) is 8. The van der Waals surface area contributed by atoms with E-state index in [2.05, 4.69) is 37.0 Å². The van der Waals surface area contributed by atoms with Crippen molar-refractivity contribution < 1.29 is 9.13 Å². The van der Waals surface area contributed by atoms with Crippen LogP contribution in [0.5, 0.6) is 0 Å². The van der Waals surface area contributed by atoms with Crippen molar-refractivity contribution in [1.82, 2.24) is 25.0 Å². The monoisotopic (exact) mass is 608 g/mol. The first kappa shape index (κ1) is 27.2. The molecule has 1 saturated heterocycles. The molecule has 206 valence electrons. The predicted molar refractivity (Wildman–Crippen MR) is 155 cm³/mol. The van der Waals surface area contributed by atoms with Crippen LogP contribution < -0.4 is 10.6 Å². The van der Waals surface area contributed by atoms with Gasteiger partial charge in [0.1, 0.15) is 28.8 Å². The summed E-state index contributed by atoms with van der Waals surface area (Å²) in [7, 11) is 0. The van der Waals surface area contributed by atoms with Crippen molar-refractivity contribution in [2.75, 3.05) is 23.8 Å². The van der Waals surface area contributed by atoms with Crippen LogP contribution in [0.3, 0.4) is 0 Å². The fourth-order valence-corrected chi connectivity index (χ4v) is 5.22. The number of ether oxygens (including phenoxy) is 1. The lowest BCUT2D eigenvalue weighted by Crippen LogP contribution is -2.31. The molecular weight excluding hydrogens is 590 g/mol. The molecule has 41 heavy (non-hydrogen) atoms. The zero-order chi connectivity index (χ0) is 28.7. The van der Waals surface area contributed by atoms with Crippen molar-refractivity contribution in [3.05, 3.63) is 98.4 Å². The number of nitriles is 1. The van der Waals surface area contributed by atoms with Gasteiger partial charge in [0, 0.05) is 34.2 Å². The molecule has 0 bridgehead atoms. The Labute approximate surface area is 248 Å². The van der Waals surface area contributed by atoms with Gasteiger partial charge in [-0.05, 0) is 43.3 Å². The van der Waals surface area contributed by atoms with Crippen LogP contribution in [0, 0.1) is 24.1 Å². The number of halogens is 4. The summed E-state index contributed by atoms with van der Waals surface area (Å²) in [5.74, 6) is -0.549. The maximum Gasteiger partial charge on any atom is 0.141 e. The molecule has 0 amide bonds. The highest BCUT2D eigenvalue weighted by atomic mass is 35.5. The fraction of sp³-hybridized carbons (Fsp3) is 0.179. The Bertz CT molecular complexity index is 1840. The number of anilines is 3. The number of pyridine rings is 2. The quantitative estimate of drug-likeness (QED) is 0.189. The van der Waals surface area contributed by atoms with Crippen LogP contribution in [0.4, 0.5) is 21.5 Å². The zero-order valence-electron chi connectivity index (χ0n) is 21.4. The highest BCUT2D eigenvalue weighted by molar-refractivity contribution is 6.36. The van der Waals surface area contributed by atoms with Gasteiger partial charge in [-0.2, -0.15) is 5.26 Å². The molecule has 3 aromatic heterocycles. The number of benzene rings is 2. The van der Waals surface area contributed by atoms with Crippen molar-refractivity contribution in [3.63, 3.8) is 0 Å². The highest BCUT2D eigenvalue weighted by Gasteiger charge is 2.26. The van der Waals surface area contributed by atoms with Crippen LogP contribution in [0.2, 0.25) is 15.2 Å². The third kappa shape index (κ3) is 5.37. The lowest BCUT2D eigenvalue weighted by molar-refractivity contribution is -0.0293. The Balaban J connectivity index is 1.45. The third-order valence-electron chi connectivity index (χ3n) is 6.77. The summed E-state index contributed by atoms with van der Waals surface area (Å²) in [6.07, 6.45) is 3.31. The summed E-state index contributed by atoms with van der Waals surface area (Å²) in [4.78, 5) is 8.84.